The fraction of sp³-hybridized carbons (Fsp3) is 0.375. The first-order chi connectivity index (χ1) is 14.5. The molecule has 3 rings (SSSR count). The smallest absolute Gasteiger partial charge is 0.222 e. The Morgan fingerprint density at radius 2 is 1.80 bits per heavy atom. The Kier molecular flexibility index (Phi) is 7.97. The van der Waals surface area contributed by atoms with Crippen LogP contribution in [-0.2, 0) is 17.8 Å². The van der Waals surface area contributed by atoms with Crippen molar-refractivity contribution in [2.24, 2.45) is 5.92 Å². The molecular formula is C24H30N4OS. The molecule has 2 aromatic carbocycles. The lowest BCUT2D eigenvalue weighted by Crippen LogP contribution is -2.33. The highest BCUT2D eigenvalue weighted by molar-refractivity contribution is 7.09. The minimum Gasteiger partial charge on any atom is -0.352 e. The van der Waals surface area contributed by atoms with Gasteiger partial charge < -0.3 is 10.2 Å². The number of hydrogen-bond donors (Lipinski definition) is 1. The van der Waals surface area contributed by atoms with Crippen LogP contribution in [0, 0.1) is 12.8 Å². The van der Waals surface area contributed by atoms with Crippen molar-refractivity contribution in [2.45, 2.75) is 40.2 Å². The predicted octanol–water partition coefficient (Wildman–Crippen LogP) is 4.61. The minimum absolute atomic E-state index is 0.0528. The predicted molar refractivity (Wildman–Crippen MR) is 124 cm³/mol. The second-order valence-corrected chi connectivity index (χ2v) is 8.74. The highest BCUT2D eigenvalue weighted by Crippen LogP contribution is 2.21. The first-order valence-electron chi connectivity index (χ1n) is 10.4. The summed E-state index contributed by atoms with van der Waals surface area (Å²) in [5, 5.41) is 3.89. The van der Waals surface area contributed by atoms with E-state index in [2.05, 4.69) is 59.6 Å². The molecule has 0 atom stereocenters. The Hall–Kier alpha value is -2.73. The van der Waals surface area contributed by atoms with Gasteiger partial charge in [-0.1, -0.05) is 74.0 Å². The van der Waals surface area contributed by atoms with E-state index in [-0.39, 0.29) is 5.91 Å². The number of anilines is 1. The van der Waals surface area contributed by atoms with Crippen molar-refractivity contribution < 1.29 is 4.79 Å². The lowest BCUT2D eigenvalue weighted by Gasteiger charge is -2.23. The van der Waals surface area contributed by atoms with Crippen LogP contribution in [0.15, 0.2) is 54.6 Å². The molecule has 0 saturated carbocycles. The van der Waals surface area contributed by atoms with E-state index in [1.54, 1.807) is 0 Å². The summed E-state index contributed by atoms with van der Waals surface area (Å²) in [6.45, 7) is 8.49. The number of benzene rings is 2. The van der Waals surface area contributed by atoms with E-state index in [4.69, 9.17) is 4.98 Å². The fourth-order valence-electron chi connectivity index (χ4n) is 3.16. The summed E-state index contributed by atoms with van der Waals surface area (Å²) in [6, 6.07) is 18.4. The average Bonchev–Trinajstić information content (AvgIpc) is 3.20. The SMILES string of the molecule is Cc1ccc(Cc2nsc(N(CCC(=O)NCc3ccccc3)CC(C)C)n2)cc1. The van der Waals surface area contributed by atoms with Crippen LogP contribution in [0.1, 0.15) is 42.8 Å². The number of carbonyl (C=O) groups is 1. The van der Waals surface area contributed by atoms with E-state index in [1.165, 1.54) is 22.7 Å². The third-order valence-electron chi connectivity index (χ3n) is 4.74. The Balaban J connectivity index is 1.56. The van der Waals surface area contributed by atoms with Gasteiger partial charge in [-0.3, -0.25) is 4.79 Å². The van der Waals surface area contributed by atoms with Crippen LogP contribution in [-0.4, -0.2) is 28.4 Å². The molecular weight excluding hydrogens is 392 g/mol. The number of rotatable bonds is 10. The molecule has 30 heavy (non-hydrogen) atoms. The summed E-state index contributed by atoms with van der Waals surface area (Å²) in [5.41, 5.74) is 3.56. The summed E-state index contributed by atoms with van der Waals surface area (Å²) in [7, 11) is 0. The molecule has 1 N–H and O–H groups in total. The normalized spacial score (nSPS) is 10.9. The van der Waals surface area contributed by atoms with Gasteiger partial charge in [-0.15, -0.1) is 0 Å². The van der Waals surface area contributed by atoms with Crippen molar-refractivity contribution in [3.8, 4) is 0 Å². The summed E-state index contributed by atoms with van der Waals surface area (Å²) in [5.74, 6) is 1.36. The number of nitrogens with one attached hydrogen (secondary N) is 1. The van der Waals surface area contributed by atoms with Crippen LogP contribution in [0.4, 0.5) is 5.13 Å². The third kappa shape index (κ3) is 6.95. The molecule has 0 bridgehead atoms. The van der Waals surface area contributed by atoms with E-state index in [1.807, 2.05) is 30.3 Å². The molecule has 3 aromatic rings. The molecule has 1 aromatic heterocycles. The van der Waals surface area contributed by atoms with Gasteiger partial charge in [-0.25, -0.2) is 4.98 Å². The lowest BCUT2D eigenvalue weighted by atomic mass is 10.1. The van der Waals surface area contributed by atoms with Crippen LogP contribution in [0.5, 0.6) is 0 Å². The van der Waals surface area contributed by atoms with Gasteiger partial charge in [0.05, 0.1) is 0 Å². The molecule has 158 valence electrons. The van der Waals surface area contributed by atoms with Gasteiger partial charge in [-0.2, -0.15) is 4.37 Å². The molecule has 0 unspecified atom stereocenters. The zero-order valence-corrected chi connectivity index (χ0v) is 18.8. The van der Waals surface area contributed by atoms with Crippen molar-refractivity contribution in [1.29, 1.82) is 0 Å². The molecule has 0 saturated heterocycles. The minimum atomic E-state index is 0.0528. The summed E-state index contributed by atoms with van der Waals surface area (Å²) in [4.78, 5) is 19.3. The van der Waals surface area contributed by atoms with Crippen molar-refractivity contribution in [3.63, 3.8) is 0 Å². The van der Waals surface area contributed by atoms with Gasteiger partial charge in [0.1, 0.15) is 5.82 Å². The average molecular weight is 423 g/mol. The lowest BCUT2D eigenvalue weighted by molar-refractivity contribution is -0.121. The number of aromatic nitrogens is 2. The molecule has 0 fully saturated rings. The van der Waals surface area contributed by atoms with Crippen LogP contribution in [0.3, 0.4) is 0 Å². The Morgan fingerprint density at radius 3 is 2.50 bits per heavy atom. The van der Waals surface area contributed by atoms with Crippen molar-refractivity contribution >= 4 is 22.6 Å². The standard InChI is InChI=1S/C24H30N4OS/c1-18(2)17-28(14-13-23(29)25-16-21-7-5-4-6-8-21)24-26-22(27-30-24)15-20-11-9-19(3)10-12-20/h4-12,18H,13-17H2,1-3H3,(H,25,29). The molecule has 1 amide bonds. The number of aryl methyl sites for hydroxylation is 1. The molecule has 0 spiro atoms. The molecule has 0 aliphatic heterocycles. The van der Waals surface area contributed by atoms with Crippen LogP contribution in [0.2, 0.25) is 0 Å². The van der Waals surface area contributed by atoms with Crippen LogP contribution in [0.25, 0.3) is 0 Å². The second-order valence-electron chi connectivity index (χ2n) is 8.01. The zero-order valence-electron chi connectivity index (χ0n) is 18.0. The quantitative estimate of drug-likeness (QED) is 0.518. The van der Waals surface area contributed by atoms with Gasteiger partial charge in [-0.05, 0) is 24.0 Å². The number of hydrogen-bond acceptors (Lipinski definition) is 5. The maximum Gasteiger partial charge on any atom is 0.222 e. The highest BCUT2D eigenvalue weighted by atomic mass is 32.1. The fourth-order valence-corrected chi connectivity index (χ4v) is 3.88. The summed E-state index contributed by atoms with van der Waals surface area (Å²) < 4.78 is 4.55. The van der Waals surface area contributed by atoms with Crippen molar-refractivity contribution in [3.05, 3.63) is 77.1 Å². The van der Waals surface area contributed by atoms with E-state index in [9.17, 15) is 4.79 Å². The van der Waals surface area contributed by atoms with Gasteiger partial charge in [0.15, 0.2) is 0 Å². The highest BCUT2D eigenvalue weighted by Gasteiger charge is 2.16. The first kappa shape index (κ1) is 22.0. The van der Waals surface area contributed by atoms with E-state index in [0.29, 0.717) is 25.4 Å². The Morgan fingerprint density at radius 1 is 1.07 bits per heavy atom. The van der Waals surface area contributed by atoms with Crippen molar-refractivity contribution in [1.82, 2.24) is 14.7 Å². The Bertz CT molecular complexity index is 922. The van der Waals surface area contributed by atoms with Crippen LogP contribution < -0.4 is 10.2 Å². The van der Waals surface area contributed by atoms with E-state index < -0.39 is 0 Å². The molecule has 6 heteroatoms. The largest absolute Gasteiger partial charge is 0.352 e. The first-order valence-corrected chi connectivity index (χ1v) is 11.2. The van der Waals surface area contributed by atoms with Gasteiger partial charge >= 0.3 is 0 Å². The van der Waals surface area contributed by atoms with Gasteiger partial charge in [0.2, 0.25) is 11.0 Å². The monoisotopic (exact) mass is 422 g/mol. The number of amides is 1. The van der Waals surface area contributed by atoms with Gasteiger partial charge in [0, 0.05) is 44.0 Å². The van der Waals surface area contributed by atoms with E-state index >= 15 is 0 Å². The Labute approximate surface area is 183 Å². The molecule has 5 nitrogen and oxygen atoms in total. The number of nitrogens with zero attached hydrogens (tertiary/aromatic N) is 3. The topological polar surface area (TPSA) is 58.1 Å². The maximum atomic E-state index is 12.3. The maximum absolute atomic E-state index is 12.3. The summed E-state index contributed by atoms with van der Waals surface area (Å²) >= 11 is 1.42. The second kappa shape index (κ2) is 10.9. The van der Waals surface area contributed by atoms with E-state index in [0.717, 1.165) is 29.5 Å². The van der Waals surface area contributed by atoms with Crippen LogP contribution >= 0.6 is 11.5 Å². The van der Waals surface area contributed by atoms with Gasteiger partial charge in [0.25, 0.3) is 0 Å². The molecule has 1 heterocycles. The molecule has 0 aliphatic rings. The van der Waals surface area contributed by atoms with Crippen molar-refractivity contribution in [2.75, 3.05) is 18.0 Å². The third-order valence-corrected chi connectivity index (χ3v) is 5.55. The molecule has 0 radical (unpaired) electrons. The summed E-state index contributed by atoms with van der Waals surface area (Å²) in [6.07, 6.45) is 1.16. The molecule has 0 aliphatic carbocycles. The number of carbonyl (C=O) groups excluding carboxylic acids is 1. The zero-order chi connectivity index (χ0) is 21.3.